The molecule has 1 unspecified atom stereocenters. The van der Waals surface area contributed by atoms with Crippen molar-refractivity contribution in [2.75, 3.05) is 17.7 Å². The Bertz CT molecular complexity index is 997. The highest BCUT2D eigenvalue weighted by atomic mass is 16.5. The fraction of sp³-hybridized carbons (Fsp3) is 0.150. The van der Waals surface area contributed by atoms with Crippen LogP contribution in [0.15, 0.2) is 60.7 Å². The molecule has 0 saturated heterocycles. The maximum absolute atomic E-state index is 12.8. The monoisotopic (exact) mass is 362 g/mol. The Morgan fingerprint density at radius 1 is 1.19 bits per heavy atom. The van der Waals surface area contributed by atoms with Gasteiger partial charge in [0.1, 0.15) is 17.6 Å². The standard InChI is InChI=1S/C20H18N4O3/c1-27-15-9-5-8-14(10-15)21-20(26)17-12-19(25)22-18-11-16(23-24(17)18)13-6-3-2-4-7-13/h2-11,17H,12H2,1H3,(H,21,26)(H,22,25). The Balaban J connectivity index is 1.63. The second-order valence-corrected chi connectivity index (χ2v) is 6.21. The van der Waals surface area contributed by atoms with Gasteiger partial charge in [0.25, 0.3) is 0 Å². The number of carbonyl (C=O) groups is 2. The first kappa shape index (κ1) is 16.8. The predicted molar refractivity (Wildman–Crippen MR) is 102 cm³/mol. The maximum Gasteiger partial charge on any atom is 0.249 e. The van der Waals surface area contributed by atoms with Crippen molar-refractivity contribution in [3.8, 4) is 17.0 Å². The normalized spacial score (nSPS) is 15.6. The van der Waals surface area contributed by atoms with Gasteiger partial charge in [0, 0.05) is 23.4 Å². The van der Waals surface area contributed by atoms with Crippen molar-refractivity contribution in [3.05, 3.63) is 60.7 Å². The number of aromatic nitrogens is 2. The molecule has 2 N–H and O–H groups in total. The molecule has 2 amide bonds. The SMILES string of the molecule is COc1cccc(NC(=O)C2CC(=O)Nc3cc(-c4ccccc4)nn32)c1. The molecule has 1 aliphatic heterocycles. The summed E-state index contributed by atoms with van der Waals surface area (Å²) in [6, 6.07) is 17.7. The third kappa shape index (κ3) is 3.39. The van der Waals surface area contributed by atoms with Crippen LogP contribution in [0.4, 0.5) is 11.5 Å². The second-order valence-electron chi connectivity index (χ2n) is 6.21. The number of fused-ring (bicyclic) bond motifs is 1. The van der Waals surface area contributed by atoms with E-state index in [9.17, 15) is 9.59 Å². The summed E-state index contributed by atoms with van der Waals surface area (Å²) in [4.78, 5) is 24.9. The highest BCUT2D eigenvalue weighted by molar-refractivity contribution is 6.01. The Morgan fingerprint density at radius 3 is 2.78 bits per heavy atom. The number of anilines is 2. The van der Waals surface area contributed by atoms with Gasteiger partial charge in [0.15, 0.2) is 0 Å². The van der Waals surface area contributed by atoms with Gasteiger partial charge in [-0.05, 0) is 12.1 Å². The van der Waals surface area contributed by atoms with Gasteiger partial charge in [-0.25, -0.2) is 4.68 Å². The molecule has 0 saturated carbocycles. The zero-order valence-corrected chi connectivity index (χ0v) is 14.7. The zero-order valence-electron chi connectivity index (χ0n) is 14.7. The summed E-state index contributed by atoms with van der Waals surface area (Å²) in [6.07, 6.45) is 0.0265. The average molecular weight is 362 g/mol. The largest absolute Gasteiger partial charge is 0.497 e. The molecule has 3 aromatic rings. The number of nitrogens with one attached hydrogen (secondary N) is 2. The highest BCUT2D eigenvalue weighted by Gasteiger charge is 2.32. The number of benzene rings is 2. The van der Waals surface area contributed by atoms with Crippen LogP contribution < -0.4 is 15.4 Å². The van der Waals surface area contributed by atoms with Crippen LogP contribution >= 0.6 is 0 Å². The van der Waals surface area contributed by atoms with E-state index < -0.39 is 6.04 Å². The Hall–Kier alpha value is -3.61. The Labute approximate surface area is 156 Å². The van der Waals surface area contributed by atoms with Crippen molar-refractivity contribution >= 4 is 23.3 Å². The van der Waals surface area contributed by atoms with E-state index in [2.05, 4.69) is 15.7 Å². The van der Waals surface area contributed by atoms with Gasteiger partial charge in [0.05, 0.1) is 19.2 Å². The first-order valence-corrected chi connectivity index (χ1v) is 8.54. The van der Waals surface area contributed by atoms with Crippen LogP contribution in [0.25, 0.3) is 11.3 Å². The molecular formula is C20H18N4O3. The smallest absolute Gasteiger partial charge is 0.249 e. The topological polar surface area (TPSA) is 85.2 Å². The molecule has 1 aromatic heterocycles. The van der Waals surface area contributed by atoms with E-state index >= 15 is 0 Å². The van der Waals surface area contributed by atoms with Crippen LogP contribution in [0.3, 0.4) is 0 Å². The minimum Gasteiger partial charge on any atom is -0.497 e. The van der Waals surface area contributed by atoms with Gasteiger partial charge in [-0.3, -0.25) is 9.59 Å². The van der Waals surface area contributed by atoms with Gasteiger partial charge in [-0.1, -0.05) is 36.4 Å². The van der Waals surface area contributed by atoms with Crippen molar-refractivity contribution in [3.63, 3.8) is 0 Å². The molecular weight excluding hydrogens is 344 g/mol. The van der Waals surface area contributed by atoms with E-state index in [1.54, 1.807) is 42.1 Å². The van der Waals surface area contributed by atoms with Crippen LogP contribution in [0, 0.1) is 0 Å². The van der Waals surface area contributed by atoms with Gasteiger partial charge < -0.3 is 15.4 Å². The van der Waals surface area contributed by atoms with Gasteiger partial charge in [0.2, 0.25) is 11.8 Å². The summed E-state index contributed by atoms with van der Waals surface area (Å²) in [5.41, 5.74) is 2.22. The van der Waals surface area contributed by atoms with Crippen molar-refractivity contribution in [1.29, 1.82) is 0 Å². The van der Waals surface area contributed by atoms with Crippen molar-refractivity contribution < 1.29 is 14.3 Å². The summed E-state index contributed by atoms with van der Waals surface area (Å²) in [7, 11) is 1.56. The van der Waals surface area contributed by atoms with Crippen LogP contribution in [0.1, 0.15) is 12.5 Å². The van der Waals surface area contributed by atoms with E-state index in [1.165, 1.54) is 0 Å². The molecule has 7 heteroatoms. The summed E-state index contributed by atoms with van der Waals surface area (Å²) < 4.78 is 6.74. The number of hydrogen-bond acceptors (Lipinski definition) is 4. The van der Waals surface area contributed by atoms with E-state index in [0.29, 0.717) is 22.9 Å². The highest BCUT2D eigenvalue weighted by Crippen LogP contribution is 2.30. The van der Waals surface area contributed by atoms with E-state index in [0.717, 1.165) is 5.56 Å². The molecule has 0 bridgehead atoms. The number of ether oxygens (including phenoxy) is 1. The van der Waals surface area contributed by atoms with E-state index in [-0.39, 0.29) is 18.2 Å². The van der Waals surface area contributed by atoms with Crippen LogP contribution in [0.5, 0.6) is 5.75 Å². The van der Waals surface area contributed by atoms with Crippen LogP contribution in [-0.4, -0.2) is 28.7 Å². The number of hydrogen-bond donors (Lipinski definition) is 2. The molecule has 7 nitrogen and oxygen atoms in total. The lowest BCUT2D eigenvalue weighted by Crippen LogP contribution is -2.35. The number of nitrogens with zero attached hydrogens (tertiary/aromatic N) is 2. The van der Waals surface area contributed by atoms with Gasteiger partial charge in [-0.15, -0.1) is 0 Å². The lowest BCUT2D eigenvalue weighted by Gasteiger charge is -2.23. The maximum atomic E-state index is 12.8. The summed E-state index contributed by atoms with van der Waals surface area (Å²) in [5, 5.41) is 10.2. The molecule has 0 radical (unpaired) electrons. The summed E-state index contributed by atoms with van der Waals surface area (Å²) in [5.74, 6) is 0.631. The number of rotatable bonds is 4. The van der Waals surface area contributed by atoms with E-state index in [1.807, 2.05) is 30.3 Å². The predicted octanol–water partition coefficient (Wildman–Crippen LogP) is 3.08. The summed E-state index contributed by atoms with van der Waals surface area (Å²) in [6.45, 7) is 0. The van der Waals surface area contributed by atoms with Gasteiger partial charge >= 0.3 is 0 Å². The fourth-order valence-electron chi connectivity index (χ4n) is 3.06. The first-order chi connectivity index (χ1) is 13.1. The van der Waals surface area contributed by atoms with Crippen molar-refractivity contribution in [2.45, 2.75) is 12.5 Å². The third-order valence-electron chi connectivity index (χ3n) is 4.39. The molecule has 2 heterocycles. The number of carbonyl (C=O) groups excluding carboxylic acids is 2. The second kappa shape index (κ2) is 6.95. The molecule has 0 spiro atoms. The Kier molecular flexibility index (Phi) is 4.33. The minimum absolute atomic E-state index is 0.0265. The molecule has 4 rings (SSSR count). The quantitative estimate of drug-likeness (QED) is 0.747. The van der Waals surface area contributed by atoms with Crippen LogP contribution in [-0.2, 0) is 9.59 Å². The van der Waals surface area contributed by atoms with E-state index in [4.69, 9.17) is 4.74 Å². The molecule has 0 aliphatic carbocycles. The molecule has 27 heavy (non-hydrogen) atoms. The molecule has 136 valence electrons. The Morgan fingerprint density at radius 2 is 2.00 bits per heavy atom. The number of methoxy groups -OCH3 is 1. The van der Waals surface area contributed by atoms with Crippen LogP contribution in [0.2, 0.25) is 0 Å². The average Bonchev–Trinajstić information content (AvgIpc) is 3.12. The molecule has 2 aromatic carbocycles. The van der Waals surface area contributed by atoms with Crippen molar-refractivity contribution in [1.82, 2.24) is 9.78 Å². The molecule has 0 fully saturated rings. The molecule has 1 aliphatic rings. The van der Waals surface area contributed by atoms with Gasteiger partial charge in [-0.2, -0.15) is 5.10 Å². The first-order valence-electron chi connectivity index (χ1n) is 8.54. The minimum atomic E-state index is -0.725. The third-order valence-corrected chi connectivity index (χ3v) is 4.39. The number of amides is 2. The lowest BCUT2D eigenvalue weighted by atomic mass is 10.1. The fourth-order valence-corrected chi connectivity index (χ4v) is 3.06. The summed E-state index contributed by atoms with van der Waals surface area (Å²) >= 11 is 0. The van der Waals surface area contributed by atoms with Crippen molar-refractivity contribution in [2.24, 2.45) is 0 Å². The lowest BCUT2D eigenvalue weighted by molar-refractivity contribution is -0.125. The zero-order chi connectivity index (χ0) is 18.8. The molecule has 1 atom stereocenters.